The Morgan fingerprint density at radius 3 is 2.83 bits per heavy atom. The van der Waals surface area contributed by atoms with E-state index in [1.165, 1.54) is 0 Å². The van der Waals surface area contributed by atoms with Crippen molar-refractivity contribution in [1.29, 1.82) is 0 Å². The van der Waals surface area contributed by atoms with Gasteiger partial charge in [0.05, 0.1) is 13.2 Å². The Morgan fingerprint density at radius 2 is 2.28 bits per heavy atom. The van der Waals surface area contributed by atoms with Gasteiger partial charge in [-0.05, 0) is 12.0 Å². The molecule has 1 rings (SSSR count). The van der Waals surface area contributed by atoms with E-state index in [0.717, 1.165) is 5.56 Å². The molecule has 6 heteroatoms. The first-order valence-corrected chi connectivity index (χ1v) is 5.68. The minimum Gasteiger partial charge on any atom is -0.481 e. The van der Waals surface area contributed by atoms with E-state index in [1.807, 2.05) is 6.07 Å². The van der Waals surface area contributed by atoms with Crippen LogP contribution in [0.3, 0.4) is 0 Å². The number of methoxy groups -OCH3 is 2. The zero-order valence-corrected chi connectivity index (χ0v) is 10.7. The van der Waals surface area contributed by atoms with Gasteiger partial charge < -0.3 is 20.5 Å². The van der Waals surface area contributed by atoms with Crippen LogP contribution in [0, 0.1) is 0 Å². The molecule has 6 nitrogen and oxygen atoms in total. The molecule has 1 aromatic rings. The molecular weight excluding hydrogens is 234 g/mol. The lowest BCUT2D eigenvalue weighted by Crippen LogP contribution is -2.40. The van der Waals surface area contributed by atoms with Crippen molar-refractivity contribution < 1.29 is 14.3 Å². The molecule has 0 aliphatic rings. The summed E-state index contributed by atoms with van der Waals surface area (Å²) >= 11 is 0. The number of nitrogens with one attached hydrogen (secondary N) is 1. The molecule has 18 heavy (non-hydrogen) atoms. The Labute approximate surface area is 106 Å². The summed E-state index contributed by atoms with van der Waals surface area (Å²) in [5.74, 6) is 0.352. The third kappa shape index (κ3) is 4.68. The number of amides is 1. The predicted octanol–water partition coefficient (Wildman–Crippen LogP) is 0.0702. The van der Waals surface area contributed by atoms with Crippen molar-refractivity contribution >= 4 is 5.91 Å². The average molecular weight is 253 g/mol. The SMILES string of the molecule is COCCC(N)C(=O)NCc1ccc(OC)nc1. The van der Waals surface area contributed by atoms with Gasteiger partial charge in [-0.15, -0.1) is 0 Å². The molecule has 3 N–H and O–H groups in total. The van der Waals surface area contributed by atoms with Gasteiger partial charge in [-0.25, -0.2) is 4.98 Å². The maximum atomic E-state index is 11.6. The van der Waals surface area contributed by atoms with Crippen molar-refractivity contribution in [2.24, 2.45) is 5.73 Å². The number of nitrogens with two attached hydrogens (primary N) is 1. The summed E-state index contributed by atoms with van der Waals surface area (Å²) in [5, 5.41) is 2.74. The first kappa shape index (κ1) is 14.4. The zero-order chi connectivity index (χ0) is 13.4. The van der Waals surface area contributed by atoms with E-state index in [0.29, 0.717) is 25.5 Å². The van der Waals surface area contributed by atoms with Crippen LogP contribution in [0.4, 0.5) is 0 Å². The maximum Gasteiger partial charge on any atom is 0.237 e. The molecule has 1 amide bonds. The Balaban J connectivity index is 2.37. The van der Waals surface area contributed by atoms with Crippen LogP contribution < -0.4 is 15.8 Å². The molecule has 0 spiro atoms. The number of pyridine rings is 1. The lowest BCUT2D eigenvalue weighted by Gasteiger charge is -2.11. The van der Waals surface area contributed by atoms with Crippen molar-refractivity contribution in [3.05, 3.63) is 23.9 Å². The van der Waals surface area contributed by atoms with E-state index in [9.17, 15) is 4.79 Å². The molecule has 0 aromatic carbocycles. The minimum absolute atomic E-state index is 0.192. The third-order valence-electron chi connectivity index (χ3n) is 2.44. The number of rotatable bonds is 7. The van der Waals surface area contributed by atoms with Gasteiger partial charge in [0.1, 0.15) is 0 Å². The molecule has 0 aliphatic carbocycles. The van der Waals surface area contributed by atoms with Crippen LogP contribution in [0.25, 0.3) is 0 Å². The fourth-order valence-corrected chi connectivity index (χ4v) is 1.33. The van der Waals surface area contributed by atoms with Crippen LogP contribution in [0.1, 0.15) is 12.0 Å². The Kier molecular flexibility index (Phi) is 6.10. The highest BCUT2D eigenvalue weighted by Crippen LogP contribution is 2.06. The lowest BCUT2D eigenvalue weighted by molar-refractivity contribution is -0.122. The second-order valence-electron chi connectivity index (χ2n) is 3.81. The summed E-state index contributed by atoms with van der Waals surface area (Å²) < 4.78 is 9.81. The van der Waals surface area contributed by atoms with Gasteiger partial charge in [0.25, 0.3) is 0 Å². The van der Waals surface area contributed by atoms with Crippen molar-refractivity contribution in [3.63, 3.8) is 0 Å². The molecule has 100 valence electrons. The van der Waals surface area contributed by atoms with Gasteiger partial charge >= 0.3 is 0 Å². The van der Waals surface area contributed by atoms with E-state index in [4.69, 9.17) is 15.2 Å². The topological polar surface area (TPSA) is 86.5 Å². The molecule has 0 radical (unpaired) electrons. The fraction of sp³-hybridized carbons (Fsp3) is 0.500. The molecular formula is C12H19N3O3. The van der Waals surface area contributed by atoms with Gasteiger partial charge in [-0.2, -0.15) is 0 Å². The van der Waals surface area contributed by atoms with Gasteiger partial charge in [0.2, 0.25) is 11.8 Å². The Morgan fingerprint density at radius 1 is 1.50 bits per heavy atom. The fourth-order valence-electron chi connectivity index (χ4n) is 1.33. The number of carbonyl (C=O) groups excluding carboxylic acids is 1. The molecule has 0 bridgehead atoms. The summed E-state index contributed by atoms with van der Waals surface area (Å²) in [5.41, 5.74) is 6.58. The van der Waals surface area contributed by atoms with E-state index in [-0.39, 0.29) is 5.91 Å². The third-order valence-corrected chi connectivity index (χ3v) is 2.44. The number of carbonyl (C=O) groups is 1. The number of hydrogen-bond donors (Lipinski definition) is 2. The minimum atomic E-state index is -0.545. The normalized spacial score (nSPS) is 11.9. The monoisotopic (exact) mass is 253 g/mol. The van der Waals surface area contributed by atoms with E-state index >= 15 is 0 Å². The summed E-state index contributed by atoms with van der Waals surface area (Å²) in [4.78, 5) is 15.7. The lowest BCUT2D eigenvalue weighted by atomic mass is 10.2. The Hall–Kier alpha value is -1.66. The number of ether oxygens (including phenoxy) is 2. The maximum absolute atomic E-state index is 11.6. The molecule has 1 heterocycles. The second-order valence-corrected chi connectivity index (χ2v) is 3.81. The van der Waals surface area contributed by atoms with Crippen molar-refractivity contribution in [3.8, 4) is 5.88 Å². The quantitative estimate of drug-likeness (QED) is 0.718. The predicted molar refractivity (Wildman–Crippen MR) is 67.1 cm³/mol. The summed E-state index contributed by atoms with van der Waals surface area (Å²) in [6, 6.07) is 3.04. The van der Waals surface area contributed by atoms with Crippen LogP contribution in [0.5, 0.6) is 5.88 Å². The second kappa shape index (κ2) is 7.62. The standard InChI is InChI=1S/C12H19N3O3/c1-17-6-5-10(13)12(16)15-8-9-3-4-11(18-2)14-7-9/h3-4,7,10H,5-6,8,13H2,1-2H3,(H,15,16). The number of hydrogen-bond acceptors (Lipinski definition) is 5. The van der Waals surface area contributed by atoms with E-state index in [2.05, 4.69) is 10.3 Å². The van der Waals surface area contributed by atoms with E-state index < -0.39 is 6.04 Å². The molecule has 1 unspecified atom stereocenters. The van der Waals surface area contributed by atoms with Crippen molar-refractivity contribution in [1.82, 2.24) is 10.3 Å². The van der Waals surface area contributed by atoms with Gasteiger partial charge in [0, 0.05) is 32.5 Å². The van der Waals surface area contributed by atoms with E-state index in [1.54, 1.807) is 26.5 Å². The highest BCUT2D eigenvalue weighted by molar-refractivity contribution is 5.81. The molecule has 1 atom stereocenters. The Bertz CT molecular complexity index is 367. The largest absolute Gasteiger partial charge is 0.481 e. The molecule has 0 saturated carbocycles. The van der Waals surface area contributed by atoms with Crippen LogP contribution >= 0.6 is 0 Å². The highest BCUT2D eigenvalue weighted by atomic mass is 16.5. The van der Waals surface area contributed by atoms with Crippen LogP contribution in [-0.2, 0) is 16.1 Å². The summed E-state index contributed by atoms with van der Waals surface area (Å²) in [7, 11) is 3.13. The van der Waals surface area contributed by atoms with Gasteiger partial charge in [0.15, 0.2) is 0 Å². The molecule has 1 aromatic heterocycles. The van der Waals surface area contributed by atoms with Crippen molar-refractivity contribution in [2.75, 3.05) is 20.8 Å². The van der Waals surface area contributed by atoms with Crippen molar-refractivity contribution in [2.45, 2.75) is 19.0 Å². The smallest absolute Gasteiger partial charge is 0.237 e. The summed E-state index contributed by atoms with van der Waals surface area (Å²) in [6.07, 6.45) is 2.16. The molecule has 0 fully saturated rings. The first-order chi connectivity index (χ1) is 8.67. The molecule has 0 saturated heterocycles. The first-order valence-electron chi connectivity index (χ1n) is 5.68. The molecule has 0 aliphatic heterocycles. The van der Waals surface area contributed by atoms with Gasteiger partial charge in [-0.1, -0.05) is 6.07 Å². The zero-order valence-electron chi connectivity index (χ0n) is 10.7. The number of nitrogens with zero attached hydrogens (tertiary/aromatic N) is 1. The van der Waals surface area contributed by atoms with Crippen LogP contribution in [0.2, 0.25) is 0 Å². The van der Waals surface area contributed by atoms with Crippen LogP contribution in [0.15, 0.2) is 18.3 Å². The summed E-state index contributed by atoms with van der Waals surface area (Å²) in [6.45, 7) is 0.870. The van der Waals surface area contributed by atoms with Crippen LogP contribution in [-0.4, -0.2) is 37.8 Å². The number of aromatic nitrogens is 1. The highest BCUT2D eigenvalue weighted by Gasteiger charge is 2.12. The van der Waals surface area contributed by atoms with Gasteiger partial charge in [-0.3, -0.25) is 4.79 Å². The average Bonchev–Trinajstić information content (AvgIpc) is 2.42.